The maximum absolute atomic E-state index is 13.8. The van der Waals surface area contributed by atoms with Gasteiger partial charge in [-0.05, 0) is 29.3 Å². The van der Waals surface area contributed by atoms with Gasteiger partial charge in [-0.2, -0.15) is 0 Å². The second-order valence-corrected chi connectivity index (χ2v) is 6.63. The number of rotatable bonds is 5. The average molecular weight is 391 g/mol. The molecule has 0 radical (unpaired) electrons. The molecule has 0 bridgehead atoms. The molecule has 0 saturated heterocycles. The molecule has 1 aliphatic rings. The third-order valence-corrected chi connectivity index (χ3v) is 4.66. The van der Waals surface area contributed by atoms with E-state index in [1.165, 1.54) is 12.1 Å². The second-order valence-electron chi connectivity index (χ2n) is 6.22. The van der Waals surface area contributed by atoms with Crippen LogP contribution in [0.15, 0.2) is 42.5 Å². The highest BCUT2D eigenvalue weighted by Crippen LogP contribution is 2.33. The van der Waals surface area contributed by atoms with E-state index in [4.69, 9.17) is 16.7 Å². The molecule has 1 heterocycles. The number of para-hydroxylation sites is 1. The van der Waals surface area contributed by atoms with E-state index in [-0.39, 0.29) is 22.9 Å². The van der Waals surface area contributed by atoms with Crippen molar-refractivity contribution in [2.75, 3.05) is 5.32 Å². The molecule has 27 heavy (non-hydrogen) atoms. The minimum Gasteiger partial charge on any atom is -0.481 e. The van der Waals surface area contributed by atoms with Crippen molar-refractivity contribution in [3.63, 3.8) is 0 Å². The number of benzene rings is 2. The van der Waals surface area contributed by atoms with Crippen LogP contribution in [-0.2, 0) is 14.4 Å². The summed E-state index contributed by atoms with van der Waals surface area (Å²) in [6.07, 6.45) is -0.495. The SMILES string of the molecule is O=C(O)C[C@@H](NC(=O)[C@H]1CC(=O)Nc2ccccc21)c1ccc(Cl)c(F)c1. The first-order valence-corrected chi connectivity index (χ1v) is 8.59. The molecule has 6 nitrogen and oxygen atoms in total. The molecule has 0 unspecified atom stereocenters. The Morgan fingerprint density at radius 2 is 2.04 bits per heavy atom. The molecular weight excluding hydrogens is 375 g/mol. The summed E-state index contributed by atoms with van der Waals surface area (Å²) >= 11 is 5.67. The Hall–Kier alpha value is -2.93. The van der Waals surface area contributed by atoms with Crippen molar-refractivity contribution < 1.29 is 23.9 Å². The van der Waals surface area contributed by atoms with Gasteiger partial charge in [0.1, 0.15) is 5.82 Å². The highest BCUT2D eigenvalue weighted by atomic mass is 35.5. The number of carboxylic acid groups (broad SMARTS) is 1. The van der Waals surface area contributed by atoms with Crippen LogP contribution in [0.4, 0.5) is 10.1 Å². The molecule has 2 atom stereocenters. The number of hydrogen-bond acceptors (Lipinski definition) is 3. The number of anilines is 1. The summed E-state index contributed by atoms with van der Waals surface area (Å²) in [5, 5.41) is 14.4. The van der Waals surface area contributed by atoms with Gasteiger partial charge in [-0.3, -0.25) is 14.4 Å². The van der Waals surface area contributed by atoms with Gasteiger partial charge in [-0.25, -0.2) is 4.39 Å². The van der Waals surface area contributed by atoms with Crippen LogP contribution in [-0.4, -0.2) is 22.9 Å². The number of carboxylic acids is 1. The number of amides is 2. The molecule has 0 saturated carbocycles. The lowest BCUT2D eigenvalue weighted by Crippen LogP contribution is -2.37. The zero-order valence-electron chi connectivity index (χ0n) is 14.0. The summed E-state index contributed by atoms with van der Waals surface area (Å²) in [7, 11) is 0. The lowest BCUT2D eigenvalue weighted by atomic mass is 9.89. The third-order valence-electron chi connectivity index (χ3n) is 4.36. The molecule has 1 aliphatic heterocycles. The van der Waals surface area contributed by atoms with Gasteiger partial charge in [0, 0.05) is 12.1 Å². The average Bonchev–Trinajstić information content (AvgIpc) is 2.62. The first-order valence-electron chi connectivity index (χ1n) is 8.21. The standard InChI is InChI=1S/C19H16ClFN2O4/c20-13-6-5-10(7-14(13)21)16(9-18(25)26)23-19(27)12-8-17(24)22-15-4-2-1-3-11(12)15/h1-7,12,16H,8-9H2,(H,22,24)(H,23,27)(H,25,26)/t12-,16+/m0/s1. The van der Waals surface area contributed by atoms with Gasteiger partial charge >= 0.3 is 5.97 Å². The number of aliphatic carboxylic acids is 1. The Morgan fingerprint density at radius 3 is 2.74 bits per heavy atom. The highest BCUT2D eigenvalue weighted by molar-refractivity contribution is 6.30. The van der Waals surface area contributed by atoms with Crippen LogP contribution >= 0.6 is 11.6 Å². The second kappa shape index (κ2) is 7.75. The predicted octanol–water partition coefficient (Wildman–Crippen LogP) is 3.24. The topological polar surface area (TPSA) is 95.5 Å². The van der Waals surface area contributed by atoms with E-state index < -0.39 is 36.1 Å². The lowest BCUT2D eigenvalue weighted by molar-refractivity contribution is -0.138. The number of nitrogens with one attached hydrogen (secondary N) is 2. The fourth-order valence-corrected chi connectivity index (χ4v) is 3.19. The van der Waals surface area contributed by atoms with Crippen molar-refractivity contribution in [1.29, 1.82) is 0 Å². The molecule has 0 aromatic heterocycles. The molecule has 0 spiro atoms. The third kappa shape index (κ3) is 4.25. The maximum Gasteiger partial charge on any atom is 0.305 e. The number of carbonyl (C=O) groups excluding carboxylic acids is 2. The highest BCUT2D eigenvalue weighted by Gasteiger charge is 2.32. The van der Waals surface area contributed by atoms with Crippen molar-refractivity contribution >= 4 is 35.1 Å². The fourth-order valence-electron chi connectivity index (χ4n) is 3.07. The number of hydrogen-bond donors (Lipinski definition) is 3. The zero-order valence-corrected chi connectivity index (χ0v) is 14.8. The van der Waals surface area contributed by atoms with E-state index in [1.807, 2.05) is 0 Å². The van der Waals surface area contributed by atoms with E-state index in [1.54, 1.807) is 24.3 Å². The summed E-state index contributed by atoms with van der Waals surface area (Å²) in [5.74, 6) is -3.43. The molecule has 140 valence electrons. The van der Waals surface area contributed by atoms with Gasteiger partial charge in [0.05, 0.1) is 23.4 Å². The van der Waals surface area contributed by atoms with Crippen molar-refractivity contribution in [2.45, 2.75) is 24.8 Å². The molecule has 8 heteroatoms. The Morgan fingerprint density at radius 1 is 1.30 bits per heavy atom. The Balaban J connectivity index is 1.87. The minimum absolute atomic E-state index is 0.0579. The van der Waals surface area contributed by atoms with Crippen LogP contribution in [0.2, 0.25) is 5.02 Å². The molecular formula is C19H16ClFN2O4. The van der Waals surface area contributed by atoms with Crippen LogP contribution in [0.1, 0.15) is 35.9 Å². The first-order chi connectivity index (χ1) is 12.8. The maximum atomic E-state index is 13.8. The van der Waals surface area contributed by atoms with E-state index in [9.17, 15) is 18.8 Å². The summed E-state index contributed by atoms with van der Waals surface area (Å²) in [6, 6.07) is 9.81. The van der Waals surface area contributed by atoms with E-state index in [2.05, 4.69) is 10.6 Å². The summed E-state index contributed by atoms with van der Waals surface area (Å²) in [4.78, 5) is 35.9. The van der Waals surface area contributed by atoms with Crippen LogP contribution in [0.25, 0.3) is 0 Å². The first kappa shape index (κ1) is 18.8. The van der Waals surface area contributed by atoms with E-state index in [0.717, 1.165) is 6.07 Å². The van der Waals surface area contributed by atoms with Crippen molar-refractivity contribution in [3.8, 4) is 0 Å². The zero-order chi connectivity index (χ0) is 19.6. The lowest BCUT2D eigenvalue weighted by Gasteiger charge is -2.27. The Bertz CT molecular complexity index is 918. The molecule has 2 aromatic rings. The molecule has 0 aliphatic carbocycles. The number of fused-ring (bicyclic) bond motifs is 1. The largest absolute Gasteiger partial charge is 0.481 e. The van der Waals surface area contributed by atoms with Gasteiger partial charge in [0.25, 0.3) is 0 Å². The number of halogens is 2. The fraction of sp³-hybridized carbons (Fsp3) is 0.211. The predicted molar refractivity (Wildman–Crippen MR) is 97.0 cm³/mol. The summed E-state index contributed by atoms with van der Waals surface area (Å²) in [6.45, 7) is 0. The van der Waals surface area contributed by atoms with Crippen molar-refractivity contribution in [1.82, 2.24) is 5.32 Å². The molecule has 0 fully saturated rings. The van der Waals surface area contributed by atoms with Crippen molar-refractivity contribution in [2.24, 2.45) is 0 Å². The number of carbonyl (C=O) groups is 3. The summed E-state index contributed by atoms with van der Waals surface area (Å²) in [5.41, 5.74) is 1.47. The van der Waals surface area contributed by atoms with Crippen LogP contribution < -0.4 is 10.6 Å². The molecule has 3 N–H and O–H groups in total. The van der Waals surface area contributed by atoms with E-state index >= 15 is 0 Å². The van der Waals surface area contributed by atoms with E-state index in [0.29, 0.717) is 11.3 Å². The molecule has 2 aromatic carbocycles. The van der Waals surface area contributed by atoms with Crippen molar-refractivity contribution in [3.05, 3.63) is 64.4 Å². The minimum atomic E-state index is -1.16. The van der Waals surface area contributed by atoms with Gasteiger partial charge in [0.2, 0.25) is 11.8 Å². The quantitative estimate of drug-likeness (QED) is 0.730. The van der Waals surface area contributed by atoms with Gasteiger partial charge < -0.3 is 15.7 Å². The molecule has 3 rings (SSSR count). The Kier molecular flexibility index (Phi) is 5.41. The van der Waals surface area contributed by atoms with Gasteiger partial charge in [-0.15, -0.1) is 0 Å². The van der Waals surface area contributed by atoms with Gasteiger partial charge in [-0.1, -0.05) is 35.9 Å². The monoisotopic (exact) mass is 390 g/mol. The van der Waals surface area contributed by atoms with Crippen LogP contribution in [0.5, 0.6) is 0 Å². The van der Waals surface area contributed by atoms with Gasteiger partial charge in [0.15, 0.2) is 0 Å². The Labute approximate surface area is 159 Å². The normalized spacial score (nSPS) is 16.8. The summed E-state index contributed by atoms with van der Waals surface area (Å²) < 4.78 is 13.8. The van der Waals surface area contributed by atoms with Crippen LogP contribution in [0.3, 0.4) is 0 Å². The smallest absolute Gasteiger partial charge is 0.305 e. The molecule has 2 amide bonds. The van der Waals surface area contributed by atoms with Crippen LogP contribution in [0, 0.1) is 5.82 Å².